The summed E-state index contributed by atoms with van der Waals surface area (Å²) < 4.78 is 40.3. The molecule has 3 aromatic rings. The van der Waals surface area contributed by atoms with Gasteiger partial charge in [0.2, 0.25) is 0 Å². The number of thiophene rings is 1. The van der Waals surface area contributed by atoms with E-state index in [2.05, 4.69) is 10.3 Å². The Morgan fingerprint density at radius 3 is 2.44 bits per heavy atom. The molecule has 1 N–H and O–H groups in total. The first-order valence-electron chi connectivity index (χ1n) is 10.7. The monoisotopic (exact) mass is 461 g/mol. The smallest absolute Gasteiger partial charge is 0.371 e. The summed E-state index contributed by atoms with van der Waals surface area (Å²) >= 11 is 1.50. The number of alkyl halides is 3. The number of nitrogens with one attached hydrogen (secondary N) is 1. The minimum atomic E-state index is -4.50. The van der Waals surface area contributed by atoms with Crippen molar-refractivity contribution in [1.82, 2.24) is 10.3 Å². The van der Waals surface area contributed by atoms with E-state index in [9.17, 15) is 18.0 Å². The highest BCUT2D eigenvalue weighted by Gasteiger charge is 2.34. The van der Waals surface area contributed by atoms with Crippen molar-refractivity contribution in [2.75, 3.05) is 11.9 Å². The van der Waals surface area contributed by atoms with E-state index in [1.165, 1.54) is 11.3 Å². The molecule has 4 rings (SSSR count). The zero-order valence-electron chi connectivity index (χ0n) is 18.3. The molecule has 0 bridgehead atoms. The Hall–Kier alpha value is -2.61. The Kier molecular flexibility index (Phi) is 6.16. The predicted molar refractivity (Wildman–Crippen MR) is 122 cm³/mol. The molecule has 2 aromatic heterocycles. The SMILES string of the molecule is Cc1cc(C(=O)N[C@H]2CC[C@@H](N(C)c3cc(C(F)(F)F)nc4ccccc34)CC2)sc1C. The van der Waals surface area contributed by atoms with Crippen LogP contribution in [0.2, 0.25) is 0 Å². The van der Waals surface area contributed by atoms with Crippen molar-refractivity contribution in [2.45, 2.75) is 57.8 Å². The largest absolute Gasteiger partial charge is 0.433 e. The molecule has 0 saturated heterocycles. The van der Waals surface area contributed by atoms with Crippen molar-refractivity contribution in [3.63, 3.8) is 0 Å². The van der Waals surface area contributed by atoms with Crippen molar-refractivity contribution in [3.8, 4) is 0 Å². The molecule has 1 aliphatic carbocycles. The summed E-state index contributed by atoms with van der Waals surface area (Å²) in [6, 6.07) is 10.2. The molecule has 1 amide bonds. The van der Waals surface area contributed by atoms with Gasteiger partial charge in [0, 0.05) is 35.1 Å². The van der Waals surface area contributed by atoms with Crippen LogP contribution in [-0.4, -0.2) is 30.0 Å². The second-order valence-electron chi connectivity index (χ2n) is 8.48. The number of nitrogens with zero attached hydrogens (tertiary/aromatic N) is 2. The quantitative estimate of drug-likeness (QED) is 0.510. The minimum absolute atomic E-state index is 0.0436. The molecule has 0 unspecified atom stereocenters. The van der Waals surface area contributed by atoms with Gasteiger partial charge in [-0.05, 0) is 63.3 Å². The summed E-state index contributed by atoms with van der Waals surface area (Å²) in [7, 11) is 1.85. The number of para-hydroxylation sites is 1. The average Bonchev–Trinajstić information content (AvgIpc) is 3.11. The van der Waals surface area contributed by atoms with Crippen molar-refractivity contribution in [3.05, 3.63) is 57.4 Å². The fourth-order valence-corrected chi connectivity index (χ4v) is 5.28. The normalized spacial score (nSPS) is 19.2. The third-order valence-electron chi connectivity index (χ3n) is 6.33. The minimum Gasteiger partial charge on any atom is -0.371 e. The van der Waals surface area contributed by atoms with Gasteiger partial charge in [-0.25, -0.2) is 4.98 Å². The van der Waals surface area contributed by atoms with Gasteiger partial charge in [0.1, 0.15) is 5.69 Å². The Bertz CT molecular complexity index is 1110. The molecule has 4 nitrogen and oxygen atoms in total. The van der Waals surface area contributed by atoms with E-state index in [1.54, 1.807) is 12.1 Å². The summed E-state index contributed by atoms with van der Waals surface area (Å²) in [5.41, 5.74) is 1.13. The maximum atomic E-state index is 13.4. The van der Waals surface area contributed by atoms with Crippen molar-refractivity contribution in [2.24, 2.45) is 0 Å². The van der Waals surface area contributed by atoms with E-state index < -0.39 is 11.9 Å². The number of fused-ring (bicyclic) bond motifs is 1. The van der Waals surface area contributed by atoms with Crippen LogP contribution in [0.15, 0.2) is 36.4 Å². The van der Waals surface area contributed by atoms with Crippen LogP contribution in [-0.2, 0) is 6.18 Å². The standard InChI is InChI=1S/C24H26F3N3OS/c1-14-12-21(32-15(14)2)23(31)28-16-8-10-17(11-9-16)30(3)20-13-22(24(25,26)27)29-19-7-5-4-6-18(19)20/h4-7,12-13,16-17H,8-11H2,1-3H3,(H,28,31)/t16-,17+. The van der Waals surface area contributed by atoms with Crippen LogP contribution in [0.1, 0.15) is 51.5 Å². The third kappa shape index (κ3) is 4.60. The summed E-state index contributed by atoms with van der Waals surface area (Å²) in [4.78, 5) is 20.2. The molecule has 170 valence electrons. The number of pyridine rings is 1. The van der Waals surface area contributed by atoms with Crippen LogP contribution in [0.4, 0.5) is 18.9 Å². The van der Waals surface area contributed by atoms with Gasteiger partial charge in [-0.2, -0.15) is 13.2 Å². The van der Waals surface area contributed by atoms with E-state index in [0.717, 1.165) is 47.1 Å². The molecule has 1 aromatic carbocycles. The number of carbonyl (C=O) groups is 1. The molecule has 2 heterocycles. The van der Waals surface area contributed by atoms with Gasteiger partial charge in [0.05, 0.1) is 10.4 Å². The van der Waals surface area contributed by atoms with Crippen LogP contribution >= 0.6 is 11.3 Å². The molecule has 32 heavy (non-hydrogen) atoms. The molecule has 8 heteroatoms. The predicted octanol–water partition coefficient (Wildman–Crippen LogP) is 6.11. The third-order valence-corrected chi connectivity index (χ3v) is 7.49. The molecule has 0 atom stereocenters. The lowest BCUT2D eigenvalue weighted by Gasteiger charge is -2.36. The van der Waals surface area contributed by atoms with Crippen LogP contribution in [0.25, 0.3) is 10.9 Å². The molecular formula is C24H26F3N3OS. The summed E-state index contributed by atoms with van der Waals surface area (Å²) in [5.74, 6) is -0.0436. The summed E-state index contributed by atoms with van der Waals surface area (Å²) in [6.45, 7) is 4.00. The van der Waals surface area contributed by atoms with Gasteiger partial charge < -0.3 is 10.2 Å². The lowest BCUT2D eigenvalue weighted by molar-refractivity contribution is -0.140. The van der Waals surface area contributed by atoms with E-state index in [0.29, 0.717) is 16.6 Å². The molecule has 1 aliphatic rings. The highest BCUT2D eigenvalue weighted by molar-refractivity contribution is 7.14. The van der Waals surface area contributed by atoms with Crippen molar-refractivity contribution < 1.29 is 18.0 Å². The fourth-order valence-electron chi connectivity index (χ4n) is 4.34. The number of halogens is 3. The van der Waals surface area contributed by atoms with Gasteiger partial charge in [-0.1, -0.05) is 18.2 Å². The average molecular weight is 462 g/mol. The topological polar surface area (TPSA) is 45.2 Å². The maximum Gasteiger partial charge on any atom is 0.433 e. The Morgan fingerprint density at radius 1 is 1.12 bits per heavy atom. The molecule has 0 spiro atoms. The highest BCUT2D eigenvalue weighted by Crippen LogP contribution is 2.36. The van der Waals surface area contributed by atoms with Gasteiger partial charge in [-0.15, -0.1) is 11.3 Å². The Balaban J connectivity index is 1.47. The Labute approximate surface area is 189 Å². The number of anilines is 1. The second-order valence-corrected chi connectivity index (χ2v) is 9.74. The zero-order valence-corrected chi connectivity index (χ0v) is 19.1. The number of hydrogen-bond donors (Lipinski definition) is 1. The van der Waals surface area contributed by atoms with E-state index >= 15 is 0 Å². The van der Waals surface area contributed by atoms with Crippen LogP contribution < -0.4 is 10.2 Å². The molecule has 0 aliphatic heterocycles. The van der Waals surface area contributed by atoms with Gasteiger partial charge >= 0.3 is 6.18 Å². The summed E-state index contributed by atoms with van der Waals surface area (Å²) in [5, 5.41) is 3.84. The fraction of sp³-hybridized carbons (Fsp3) is 0.417. The second kappa shape index (κ2) is 8.73. The summed E-state index contributed by atoms with van der Waals surface area (Å²) in [6.07, 6.45) is -1.33. The van der Waals surface area contributed by atoms with E-state index in [4.69, 9.17) is 0 Å². The van der Waals surface area contributed by atoms with Gasteiger partial charge in [0.25, 0.3) is 5.91 Å². The highest BCUT2D eigenvalue weighted by atomic mass is 32.1. The van der Waals surface area contributed by atoms with Gasteiger partial charge in [0.15, 0.2) is 0 Å². The number of aryl methyl sites for hydroxylation is 2. The first-order valence-corrected chi connectivity index (χ1v) is 11.5. The molecular weight excluding hydrogens is 435 g/mol. The molecule has 1 fully saturated rings. The van der Waals surface area contributed by atoms with E-state index in [-0.39, 0.29) is 18.0 Å². The van der Waals surface area contributed by atoms with Crippen molar-refractivity contribution in [1.29, 1.82) is 0 Å². The number of rotatable bonds is 4. The van der Waals surface area contributed by atoms with Gasteiger partial charge in [-0.3, -0.25) is 4.79 Å². The van der Waals surface area contributed by atoms with Crippen LogP contribution in [0.3, 0.4) is 0 Å². The zero-order chi connectivity index (χ0) is 23.0. The lowest BCUT2D eigenvalue weighted by atomic mass is 9.89. The van der Waals surface area contributed by atoms with E-state index in [1.807, 2.05) is 44.0 Å². The first-order chi connectivity index (χ1) is 15.1. The number of amides is 1. The maximum absolute atomic E-state index is 13.4. The lowest BCUT2D eigenvalue weighted by Crippen LogP contribution is -2.42. The number of hydrogen-bond acceptors (Lipinski definition) is 4. The first kappa shape index (κ1) is 22.6. The van der Waals surface area contributed by atoms with Crippen molar-refractivity contribution >= 4 is 33.8 Å². The van der Waals surface area contributed by atoms with Crippen LogP contribution in [0.5, 0.6) is 0 Å². The molecule has 1 saturated carbocycles. The Morgan fingerprint density at radius 2 is 1.81 bits per heavy atom. The van der Waals surface area contributed by atoms with Crippen LogP contribution in [0, 0.1) is 13.8 Å². The number of carbonyl (C=O) groups excluding carboxylic acids is 1. The molecule has 0 radical (unpaired) electrons. The number of benzene rings is 1. The number of aromatic nitrogens is 1.